The first-order valence-corrected chi connectivity index (χ1v) is 11.4. The first-order valence-electron chi connectivity index (χ1n) is 11.4. The van der Waals surface area contributed by atoms with Gasteiger partial charge in [-0.15, -0.1) is 0 Å². The van der Waals surface area contributed by atoms with Gasteiger partial charge in [-0.2, -0.15) is 0 Å². The second-order valence-corrected chi connectivity index (χ2v) is 8.82. The van der Waals surface area contributed by atoms with Crippen molar-refractivity contribution < 1.29 is 14.3 Å². The van der Waals surface area contributed by atoms with Crippen LogP contribution in [0, 0.1) is 5.92 Å². The van der Waals surface area contributed by atoms with E-state index in [4.69, 9.17) is 4.74 Å². The van der Waals surface area contributed by atoms with Gasteiger partial charge < -0.3 is 20.3 Å². The zero-order valence-corrected chi connectivity index (χ0v) is 18.3. The van der Waals surface area contributed by atoms with E-state index in [1.54, 1.807) is 19.2 Å². The van der Waals surface area contributed by atoms with E-state index < -0.39 is 0 Å². The Balaban J connectivity index is 1.42. The fourth-order valence-corrected chi connectivity index (χ4v) is 5.49. The van der Waals surface area contributed by atoms with E-state index in [1.807, 2.05) is 35.2 Å². The molecular formula is C26H29N3O3. The highest BCUT2D eigenvalue weighted by Crippen LogP contribution is 2.47. The Morgan fingerprint density at radius 3 is 2.69 bits per heavy atom. The van der Waals surface area contributed by atoms with Crippen LogP contribution in [-0.4, -0.2) is 43.0 Å². The Kier molecular flexibility index (Phi) is 5.70. The molecule has 2 N–H and O–H groups in total. The molecule has 2 heterocycles. The van der Waals surface area contributed by atoms with E-state index in [-0.39, 0.29) is 23.9 Å². The van der Waals surface area contributed by atoms with E-state index in [0.29, 0.717) is 31.1 Å². The number of likely N-dealkylation sites (tertiary alicyclic amines) is 1. The van der Waals surface area contributed by atoms with Gasteiger partial charge in [-0.3, -0.25) is 9.59 Å². The quantitative estimate of drug-likeness (QED) is 0.754. The molecule has 2 aromatic carbocycles. The molecule has 1 saturated heterocycles. The number of fused-ring (bicyclic) bond motifs is 3. The summed E-state index contributed by atoms with van der Waals surface area (Å²) in [4.78, 5) is 28.5. The first kappa shape index (κ1) is 20.8. The predicted molar refractivity (Wildman–Crippen MR) is 123 cm³/mol. The molecule has 0 radical (unpaired) electrons. The van der Waals surface area contributed by atoms with Crippen molar-refractivity contribution in [3.05, 3.63) is 77.0 Å². The van der Waals surface area contributed by atoms with Crippen molar-refractivity contribution >= 4 is 17.5 Å². The van der Waals surface area contributed by atoms with Gasteiger partial charge in [-0.05, 0) is 49.4 Å². The highest BCUT2D eigenvalue weighted by molar-refractivity contribution is 5.99. The number of hydrogen-bond acceptors (Lipinski definition) is 4. The van der Waals surface area contributed by atoms with Gasteiger partial charge in [0.05, 0.1) is 18.7 Å². The van der Waals surface area contributed by atoms with E-state index in [1.165, 1.54) is 5.56 Å². The standard InChI is InChI=1S/C26H29N3O3/c1-32-16-23-19-14-15-29(24(19)18-10-5-6-12-21(18)27-23)26(31)20-11-7-13-22(20)28-25(30)17-8-3-2-4-9-17/h2-6,8-10,12,19,23-24,27H,7,11,13-16H2,1H3,(H,28,30)/t19-,23+,24+/m1/s1. The summed E-state index contributed by atoms with van der Waals surface area (Å²) in [7, 11) is 1.72. The third-order valence-electron chi connectivity index (χ3n) is 6.97. The Morgan fingerprint density at radius 2 is 1.88 bits per heavy atom. The van der Waals surface area contributed by atoms with Crippen molar-refractivity contribution in [1.29, 1.82) is 0 Å². The van der Waals surface area contributed by atoms with Gasteiger partial charge in [0.2, 0.25) is 0 Å². The van der Waals surface area contributed by atoms with Crippen LogP contribution in [0.15, 0.2) is 65.9 Å². The van der Waals surface area contributed by atoms with Crippen molar-refractivity contribution in [3.8, 4) is 0 Å². The molecule has 5 rings (SSSR count). The van der Waals surface area contributed by atoms with E-state index in [0.717, 1.165) is 36.2 Å². The van der Waals surface area contributed by atoms with Gasteiger partial charge in [0.25, 0.3) is 11.8 Å². The maximum absolute atomic E-state index is 13.8. The maximum Gasteiger partial charge on any atom is 0.255 e. The number of methoxy groups -OCH3 is 1. The fourth-order valence-electron chi connectivity index (χ4n) is 5.49. The summed E-state index contributed by atoms with van der Waals surface area (Å²) in [5.74, 6) is 0.212. The average molecular weight is 432 g/mol. The molecule has 6 nitrogen and oxygen atoms in total. The molecule has 0 unspecified atom stereocenters. The molecular weight excluding hydrogens is 402 g/mol. The summed E-state index contributed by atoms with van der Waals surface area (Å²) in [5, 5.41) is 6.65. The molecule has 0 aromatic heterocycles. The van der Waals surface area contributed by atoms with Gasteiger partial charge in [-0.25, -0.2) is 0 Å². The van der Waals surface area contributed by atoms with Crippen LogP contribution in [0.2, 0.25) is 0 Å². The zero-order chi connectivity index (χ0) is 22.1. The van der Waals surface area contributed by atoms with E-state index in [9.17, 15) is 9.59 Å². The van der Waals surface area contributed by atoms with E-state index >= 15 is 0 Å². The van der Waals surface area contributed by atoms with Gasteiger partial charge >= 0.3 is 0 Å². The lowest BCUT2D eigenvalue weighted by molar-refractivity contribution is -0.128. The van der Waals surface area contributed by atoms with Crippen LogP contribution in [0.4, 0.5) is 5.69 Å². The normalized spacial score (nSPS) is 24.0. The molecule has 0 bridgehead atoms. The van der Waals surface area contributed by atoms with Gasteiger partial charge in [-0.1, -0.05) is 36.4 Å². The lowest BCUT2D eigenvalue weighted by atomic mass is 9.83. The van der Waals surface area contributed by atoms with Crippen LogP contribution in [0.3, 0.4) is 0 Å². The summed E-state index contributed by atoms with van der Waals surface area (Å²) in [6.07, 6.45) is 3.26. The van der Waals surface area contributed by atoms with Crippen molar-refractivity contribution in [3.63, 3.8) is 0 Å². The molecule has 6 heteroatoms. The highest BCUT2D eigenvalue weighted by atomic mass is 16.5. The van der Waals surface area contributed by atoms with Crippen molar-refractivity contribution in [1.82, 2.24) is 10.2 Å². The number of ether oxygens (including phenoxy) is 1. The first-order chi connectivity index (χ1) is 15.7. The number of nitrogens with zero attached hydrogens (tertiary/aromatic N) is 1. The predicted octanol–water partition coefficient (Wildman–Crippen LogP) is 3.88. The Labute approximate surface area is 188 Å². The number of hydrogen-bond donors (Lipinski definition) is 2. The molecule has 166 valence electrons. The van der Waals surface area contributed by atoms with Crippen LogP contribution in [0.1, 0.15) is 47.6 Å². The summed E-state index contributed by atoms with van der Waals surface area (Å²) >= 11 is 0. The largest absolute Gasteiger partial charge is 0.383 e. The van der Waals surface area contributed by atoms with Crippen molar-refractivity contribution in [2.45, 2.75) is 37.8 Å². The lowest BCUT2D eigenvalue weighted by Gasteiger charge is -2.39. The Morgan fingerprint density at radius 1 is 1.09 bits per heavy atom. The smallest absolute Gasteiger partial charge is 0.255 e. The summed E-state index contributed by atoms with van der Waals surface area (Å²) in [6.45, 7) is 1.33. The van der Waals surface area contributed by atoms with Crippen molar-refractivity contribution in [2.75, 3.05) is 25.6 Å². The van der Waals surface area contributed by atoms with Crippen LogP contribution < -0.4 is 10.6 Å². The Hall–Kier alpha value is -3.12. The molecule has 0 spiro atoms. The number of rotatable bonds is 5. The summed E-state index contributed by atoms with van der Waals surface area (Å²) in [5.41, 5.74) is 4.39. The highest BCUT2D eigenvalue weighted by Gasteiger charge is 2.46. The number of benzene rings is 2. The molecule has 1 aliphatic carbocycles. The fraction of sp³-hybridized carbons (Fsp3) is 0.385. The van der Waals surface area contributed by atoms with Gasteiger partial charge in [0, 0.05) is 42.1 Å². The van der Waals surface area contributed by atoms with Crippen molar-refractivity contribution in [2.24, 2.45) is 5.92 Å². The molecule has 2 amide bonds. The van der Waals surface area contributed by atoms with Gasteiger partial charge in [0.1, 0.15) is 0 Å². The number of anilines is 1. The molecule has 2 aliphatic heterocycles. The number of allylic oxidation sites excluding steroid dienone is 1. The molecule has 3 atom stereocenters. The van der Waals surface area contributed by atoms with Crippen LogP contribution in [-0.2, 0) is 9.53 Å². The molecule has 32 heavy (non-hydrogen) atoms. The number of carbonyl (C=O) groups is 2. The minimum absolute atomic E-state index is 0.0271. The topological polar surface area (TPSA) is 70.7 Å². The second-order valence-electron chi connectivity index (χ2n) is 8.82. The average Bonchev–Trinajstić information content (AvgIpc) is 3.47. The Bertz CT molecular complexity index is 1050. The summed E-state index contributed by atoms with van der Waals surface area (Å²) in [6, 6.07) is 17.6. The van der Waals surface area contributed by atoms with Crippen LogP contribution in [0.5, 0.6) is 0 Å². The van der Waals surface area contributed by atoms with Crippen LogP contribution >= 0.6 is 0 Å². The summed E-state index contributed by atoms with van der Waals surface area (Å²) < 4.78 is 5.48. The molecule has 0 saturated carbocycles. The van der Waals surface area contributed by atoms with Crippen LogP contribution in [0.25, 0.3) is 0 Å². The molecule has 2 aromatic rings. The van der Waals surface area contributed by atoms with E-state index in [2.05, 4.69) is 22.8 Å². The monoisotopic (exact) mass is 431 g/mol. The number of amides is 2. The number of carbonyl (C=O) groups excluding carboxylic acids is 2. The minimum Gasteiger partial charge on any atom is -0.383 e. The molecule has 1 fully saturated rings. The maximum atomic E-state index is 13.8. The number of nitrogens with one attached hydrogen (secondary N) is 2. The SMILES string of the molecule is COC[C@@H]1Nc2ccccc2[C@H]2[C@@H]1CCN2C(=O)C1=C(NC(=O)c2ccccc2)CCC1. The lowest BCUT2D eigenvalue weighted by Crippen LogP contribution is -2.43. The molecule has 3 aliphatic rings. The minimum atomic E-state index is -0.153. The zero-order valence-electron chi connectivity index (χ0n) is 18.3. The second kappa shape index (κ2) is 8.79. The third kappa shape index (κ3) is 3.69. The third-order valence-corrected chi connectivity index (χ3v) is 6.97. The van der Waals surface area contributed by atoms with Gasteiger partial charge in [0.15, 0.2) is 0 Å². The number of para-hydroxylation sites is 1.